The topological polar surface area (TPSA) is 45.6 Å². The van der Waals surface area contributed by atoms with Gasteiger partial charge in [-0.25, -0.2) is 4.98 Å². The van der Waals surface area contributed by atoms with Gasteiger partial charge in [0.25, 0.3) is 0 Å². The summed E-state index contributed by atoms with van der Waals surface area (Å²) in [6, 6.07) is 12.3. The van der Waals surface area contributed by atoms with Crippen LogP contribution in [0.25, 0.3) is 0 Å². The van der Waals surface area contributed by atoms with Crippen LogP contribution in [0.4, 0.5) is 5.69 Å². The summed E-state index contributed by atoms with van der Waals surface area (Å²) in [5, 5.41) is 14.1. The molecule has 1 N–H and O–H groups in total. The Kier molecular flexibility index (Phi) is 5.68. The van der Waals surface area contributed by atoms with E-state index in [9.17, 15) is 5.11 Å². The van der Waals surface area contributed by atoms with Crippen molar-refractivity contribution in [2.45, 2.75) is 65.1 Å². The fraction of sp³-hybridized carbons (Fsp3) is 0.370. The van der Waals surface area contributed by atoms with Crippen molar-refractivity contribution in [1.82, 2.24) is 4.98 Å². The molecule has 1 aliphatic heterocycles. The number of rotatable bonds is 2. The first-order chi connectivity index (χ1) is 15.1. The van der Waals surface area contributed by atoms with Crippen molar-refractivity contribution in [3.8, 4) is 23.3 Å². The van der Waals surface area contributed by atoms with E-state index in [2.05, 4.69) is 75.4 Å². The number of anilines is 1. The third-order valence-electron chi connectivity index (χ3n) is 5.53. The number of thiazole rings is 1. The second-order valence-electron chi connectivity index (χ2n) is 10.1. The Bertz CT molecular complexity index is 1160. The molecule has 0 saturated heterocycles. The molecule has 0 bridgehead atoms. The summed E-state index contributed by atoms with van der Waals surface area (Å²) in [7, 11) is 0. The first kappa shape index (κ1) is 22.2. The number of benzene rings is 2. The molecule has 4 nitrogen and oxygen atoms in total. The third-order valence-corrected chi connectivity index (χ3v) is 6.22. The second kappa shape index (κ2) is 8.18. The molecule has 1 atom stereocenters. The highest BCUT2D eigenvalue weighted by atomic mass is 32.1. The van der Waals surface area contributed by atoms with E-state index >= 15 is 0 Å². The largest absolute Gasteiger partial charge is 0.505 e. The Morgan fingerprint density at radius 2 is 1.81 bits per heavy atom. The van der Waals surface area contributed by atoms with Crippen molar-refractivity contribution in [2.75, 3.05) is 4.90 Å². The minimum atomic E-state index is -0.265. The number of hydrogen-bond acceptors (Lipinski definition) is 5. The number of hydrogen-bond donors (Lipinski definition) is 1. The Labute approximate surface area is 194 Å². The standard InChI is InChI=1S/C27H30N2O2S/c1-26(2,3)20-17-19(12-13-21-28-14-15-32-21)25-23(24(20)30)29(27(4,5)6)22(31-25)16-18-10-8-7-9-11-18/h7-11,14-15,17,22,30H,16H2,1-6H3. The highest BCUT2D eigenvalue weighted by molar-refractivity contribution is 7.10. The van der Waals surface area contributed by atoms with Crippen molar-refractivity contribution in [2.24, 2.45) is 0 Å². The summed E-state index contributed by atoms with van der Waals surface area (Å²) < 4.78 is 6.55. The van der Waals surface area contributed by atoms with E-state index in [1.807, 2.05) is 29.6 Å². The van der Waals surface area contributed by atoms with E-state index in [4.69, 9.17) is 4.74 Å². The lowest BCUT2D eigenvalue weighted by Crippen LogP contribution is -2.48. The van der Waals surface area contributed by atoms with Gasteiger partial charge in [0.05, 0.1) is 5.56 Å². The molecular weight excluding hydrogens is 416 g/mol. The van der Waals surface area contributed by atoms with Crippen LogP contribution in [0.1, 0.15) is 63.2 Å². The van der Waals surface area contributed by atoms with Crippen molar-refractivity contribution in [1.29, 1.82) is 0 Å². The molecular formula is C27H30N2O2S. The Balaban J connectivity index is 1.89. The minimum absolute atomic E-state index is 0.242. The van der Waals surface area contributed by atoms with Gasteiger partial charge in [0.1, 0.15) is 11.4 Å². The fourth-order valence-electron chi connectivity index (χ4n) is 4.10. The van der Waals surface area contributed by atoms with E-state index in [1.54, 1.807) is 6.20 Å². The molecule has 4 rings (SSSR count). The van der Waals surface area contributed by atoms with Crippen LogP contribution in [0, 0.1) is 11.8 Å². The number of nitrogens with zero attached hydrogens (tertiary/aromatic N) is 2. The first-order valence-electron chi connectivity index (χ1n) is 10.9. The number of phenolic OH excluding ortho intramolecular Hbond substituents is 1. The van der Waals surface area contributed by atoms with Crippen molar-refractivity contribution >= 4 is 17.0 Å². The van der Waals surface area contributed by atoms with Gasteiger partial charge in [-0.05, 0) is 43.7 Å². The maximum absolute atomic E-state index is 11.5. The van der Waals surface area contributed by atoms with Crippen molar-refractivity contribution < 1.29 is 9.84 Å². The van der Waals surface area contributed by atoms with Crippen LogP contribution >= 0.6 is 11.3 Å². The van der Waals surface area contributed by atoms with Crippen LogP contribution in [-0.2, 0) is 11.8 Å². The van der Waals surface area contributed by atoms with Gasteiger partial charge < -0.3 is 14.7 Å². The monoisotopic (exact) mass is 446 g/mol. The van der Waals surface area contributed by atoms with Crippen molar-refractivity contribution in [3.05, 3.63) is 69.7 Å². The van der Waals surface area contributed by atoms with Crippen LogP contribution < -0.4 is 9.64 Å². The molecule has 3 aromatic rings. The number of ether oxygens (including phenoxy) is 1. The number of fused-ring (bicyclic) bond motifs is 1. The number of phenols is 1. The molecule has 1 aromatic heterocycles. The van der Waals surface area contributed by atoms with Gasteiger partial charge in [-0.1, -0.05) is 57.0 Å². The molecule has 0 spiro atoms. The average molecular weight is 447 g/mol. The zero-order valence-electron chi connectivity index (χ0n) is 19.6. The maximum atomic E-state index is 11.5. The van der Waals surface area contributed by atoms with E-state index in [0.717, 1.165) is 21.8 Å². The van der Waals surface area contributed by atoms with Gasteiger partial charge in [0.15, 0.2) is 17.0 Å². The molecule has 0 amide bonds. The SMILES string of the molecule is CC(C)(C)c1cc(C#Cc2nccs2)c2c(c1O)N(C(C)(C)C)C(Cc1ccccc1)O2. The lowest BCUT2D eigenvalue weighted by molar-refractivity contribution is 0.200. The molecule has 0 aliphatic carbocycles. The molecule has 5 heteroatoms. The normalized spacial score (nSPS) is 15.7. The number of aromatic hydroxyl groups is 1. The van der Waals surface area contributed by atoms with E-state index in [-0.39, 0.29) is 22.9 Å². The first-order valence-corrected chi connectivity index (χ1v) is 11.8. The van der Waals surface area contributed by atoms with E-state index in [0.29, 0.717) is 12.2 Å². The molecule has 2 heterocycles. The van der Waals surface area contributed by atoms with Gasteiger partial charge in [-0.3, -0.25) is 0 Å². The smallest absolute Gasteiger partial charge is 0.177 e. The number of aromatic nitrogens is 1. The van der Waals surface area contributed by atoms with E-state index < -0.39 is 0 Å². The summed E-state index contributed by atoms with van der Waals surface area (Å²) >= 11 is 1.51. The molecule has 0 fully saturated rings. The van der Waals surface area contributed by atoms with Gasteiger partial charge in [0, 0.05) is 29.1 Å². The summed E-state index contributed by atoms with van der Waals surface area (Å²) in [6.45, 7) is 12.7. The van der Waals surface area contributed by atoms with Gasteiger partial charge in [0.2, 0.25) is 0 Å². The predicted octanol–water partition coefficient (Wildman–Crippen LogP) is 6.11. The van der Waals surface area contributed by atoms with Gasteiger partial charge >= 0.3 is 0 Å². The minimum Gasteiger partial charge on any atom is -0.505 e. The summed E-state index contributed by atoms with van der Waals surface area (Å²) in [6.07, 6.45) is 2.22. The Hall–Kier alpha value is -2.97. The lowest BCUT2D eigenvalue weighted by atomic mass is 9.84. The van der Waals surface area contributed by atoms with E-state index in [1.165, 1.54) is 16.9 Å². The second-order valence-corrected chi connectivity index (χ2v) is 11.0. The molecule has 0 radical (unpaired) electrons. The third kappa shape index (κ3) is 4.33. The molecule has 32 heavy (non-hydrogen) atoms. The fourth-order valence-corrected chi connectivity index (χ4v) is 4.59. The van der Waals surface area contributed by atoms with Gasteiger partial charge in [-0.2, -0.15) is 0 Å². The Morgan fingerprint density at radius 3 is 2.41 bits per heavy atom. The van der Waals surface area contributed by atoms with Crippen LogP contribution in [0.15, 0.2) is 48.0 Å². The maximum Gasteiger partial charge on any atom is 0.177 e. The summed E-state index contributed by atoms with van der Waals surface area (Å²) in [4.78, 5) is 6.49. The highest BCUT2D eigenvalue weighted by Gasteiger charge is 2.43. The van der Waals surface area contributed by atoms with Crippen LogP contribution in [0.5, 0.6) is 11.5 Å². The van der Waals surface area contributed by atoms with Crippen LogP contribution in [0.2, 0.25) is 0 Å². The van der Waals surface area contributed by atoms with Crippen LogP contribution in [0.3, 0.4) is 0 Å². The Morgan fingerprint density at radius 1 is 1.09 bits per heavy atom. The predicted molar refractivity (Wildman–Crippen MR) is 132 cm³/mol. The molecule has 1 unspecified atom stereocenters. The van der Waals surface area contributed by atoms with Crippen LogP contribution in [-0.4, -0.2) is 21.9 Å². The summed E-state index contributed by atoms with van der Waals surface area (Å²) in [5.41, 5.74) is 3.04. The van der Waals surface area contributed by atoms with Gasteiger partial charge in [-0.15, -0.1) is 11.3 Å². The summed E-state index contributed by atoms with van der Waals surface area (Å²) in [5.74, 6) is 7.37. The average Bonchev–Trinajstić information content (AvgIpc) is 3.35. The zero-order chi connectivity index (χ0) is 23.1. The zero-order valence-corrected chi connectivity index (χ0v) is 20.4. The quantitative estimate of drug-likeness (QED) is 0.482. The molecule has 2 aromatic carbocycles. The highest BCUT2D eigenvalue weighted by Crippen LogP contribution is 2.53. The lowest BCUT2D eigenvalue weighted by Gasteiger charge is -2.38. The van der Waals surface area contributed by atoms with Crippen molar-refractivity contribution in [3.63, 3.8) is 0 Å². The molecule has 1 aliphatic rings. The molecule has 0 saturated carbocycles. The molecule has 166 valence electrons.